The highest BCUT2D eigenvalue weighted by molar-refractivity contribution is 6.20. The molecule has 0 bridgehead atoms. The summed E-state index contributed by atoms with van der Waals surface area (Å²) in [7, 11) is 0. The van der Waals surface area contributed by atoms with E-state index in [1.165, 1.54) is 11.3 Å². The smallest absolute Gasteiger partial charge is 0.255 e. The van der Waals surface area contributed by atoms with Crippen molar-refractivity contribution in [1.82, 2.24) is 25.0 Å². The first kappa shape index (κ1) is 38.5. The largest absolute Gasteiger partial charge is 0.385 e. The van der Waals surface area contributed by atoms with Crippen molar-refractivity contribution in [2.24, 2.45) is 0 Å². The number of aryl methyl sites for hydroxylation is 1. The van der Waals surface area contributed by atoms with Crippen molar-refractivity contribution in [2.75, 3.05) is 56.0 Å². The normalized spacial score (nSPS) is 20.6. The van der Waals surface area contributed by atoms with E-state index in [0.29, 0.717) is 61.8 Å². The molecule has 5 heterocycles. The molecule has 3 saturated heterocycles. The number of piperidine rings is 2. The minimum Gasteiger partial charge on any atom is -0.385 e. The Bertz CT molecular complexity index is 2460. The second-order valence-electron chi connectivity index (χ2n) is 17.2. The molecule has 1 aliphatic carbocycles. The summed E-state index contributed by atoms with van der Waals surface area (Å²) in [6.07, 6.45) is 3.80. The maximum Gasteiger partial charge on any atom is 0.255 e. The van der Waals surface area contributed by atoms with Crippen LogP contribution in [0, 0.1) is 11.3 Å². The van der Waals surface area contributed by atoms with Crippen molar-refractivity contribution >= 4 is 51.7 Å². The lowest BCUT2D eigenvalue weighted by Gasteiger charge is -2.44. The molecule has 5 aliphatic rings. The Hall–Kier alpha value is -6.00. The van der Waals surface area contributed by atoms with E-state index in [1.54, 1.807) is 17.0 Å². The predicted molar refractivity (Wildman–Crippen MR) is 223 cm³/mol. The summed E-state index contributed by atoms with van der Waals surface area (Å²) in [5.74, 6) is -0.768. The molecule has 3 aromatic carbocycles. The Morgan fingerprint density at radius 3 is 2.44 bits per heavy atom. The highest BCUT2D eigenvalue weighted by atomic mass is 16.2. The van der Waals surface area contributed by atoms with E-state index in [4.69, 9.17) is 0 Å². The molecular weight excluding hydrogens is 745 g/mol. The van der Waals surface area contributed by atoms with Gasteiger partial charge < -0.3 is 25.0 Å². The summed E-state index contributed by atoms with van der Waals surface area (Å²) in [4.78, 5) is 76.5. The third-order valence-electron chi connectivity index (χ3n) is 13.5. The van der Waals surface area contributed by atoms with E-state index in [9.17, 15) is 29.2 Å². The SMILES string of the molecule is CCc1cc2c(cc1N1CCC(N3CCN(C(=O)CCNc4ccc5c(c4)CN(C4CCC(=O)NC4=O)C5=O)CC3)CC1)C(C)(C)c1[nH]c3cc(C#N)ccc3c1C2=O. The van der Waals surface area contributed by atoms with Gasteiger partial charge in [0.15, 0.2) is 5.78 Å². The summed E-state index contributed by atoms with van der Waals surface area (Å²) in [6.45, 7) is 12.3. The van der Waals surface area contributed by atoms with E-state index >= 15 is 0 Å². The van der Waals surface area contributed by atoms with Gasteiger partial charge in [0.1, 0.15) is 6.04 Å². The van der Waals surface area contributed by atoms with Crippen molar-refractivity contribution in [3.05, 3.63) is 93.2 Å². The zero-order valence-corrected chi connectivity index (χ0v) is 34.0. The van der Waals surface area contributed by atoms with Gasteiger partial charge >= 0.3 is 0 Å². The number of rotatable bonds is 8. The highest BCUT2D eigenvalue weighted by Crippen LogP contribution is 2.46. The van der Waals surface area contributed by atoms with Crippen LogP contribution in [-0.2, 0) is 32.8 Å². The van der Waals surface area contributed by atoms with Crippen molar-refractivity contribution in [3.63, 3.8) is 0 Å². The molecule has 4 amide bonds. The van der Waals surface area contributed by atoms with Gasteiger partial charge in [0, 0.05) is 116 Å². The molecule has 9 rings (SSSR count). The lowest BCUT2D eigenvalue weighted by Crippen LogP contribution is -2.54. The molecule has 59 heavy (non-hydrogen) atoms. The van der Waals surface area contributed by atoms with Crippen LogP contribution in [-0.4, -0.2) is 107 Å². The van der Waals surface area contributed by atoms with Crippen molar-refractivity contribution in [2.45, 2.75) is 83.3 Å². The van der Waals surface area contributed by atoms with E-state index in [1.807, 2.05) is 29.2 Å². The minimum absolute atomic E-state index is 0.0403. The number of aromatic nitrogens is 1. The zero-order valence-electron chi connectivity index (χ0n) is 34.0. The van der Waals surface area contributed by atoms with E-state index in [0.717, 1.165) is 84.4 Å². The molecule has 304 valence electrons. The van der Waals surface area contributed by atoms with Gasteiger partial charge in [0.25, 0.3) is 5.91 Å². The molecule has 1 atom stereocenters. The van der Waals surface area contributed by atoms with Crippen LogP contribution in [0.2, 0.25) is 0 Å². The number of fused-ring (bicyclic) bond motifs is 5. The van der Waals surface area contributed by atoms with Gasteiger partial charge in [-0.25, -0.2) is 0 Å². The molecular formula is C46H50N8O5. The number of nitrogens with one attached hydrogen (secondary N) is 3. The predicted octanol–water partition coefficient (Wildman–Crippen LogP) is 4.85. The Morgan fingerprint density at radius 2 is 1.71 bits per heavy atom. The number of anilines is 2. The highest BCUT2D eigenvalue weighted by Gasteiger charge is 2.42. The molecule has 13 nitrogen and oxygen atoms in total. The molecule has 1 aromatic heterocycles. The van der Waals surface area contributed by atoms with Crippen LogP contribution in [0.25, 0.3) is 10.9 Å². The van der Waals surface area contributed by atoms with Gasteiger partial charge in [-0.1, -0.05) is 26.8 Å². The van der Waals surface area contributed by atoms with Crippen LogP contribution in [0.3, 0.4) is 0 Å². The van der Waals surface area contributed by atoms with Gasteiger partial charge in [0.05, 0.1) is 17.2 Å². The number of nitriles is 1. The number of hydrogen-bond donors (Lipinski definition) is 3. The summed E-state index contributed by atoms with van der Waals surface area (Å²) < 4.78 is 0. The maximum absolute atomic E-state index is 14.1. The third kappa shape index (κ3) is 6.73. The lowest BCUT2D eigenvalue weighted by molar-refractivity contribution is -0.137. The Labute approximate surface area is 343 Å². The Morgan fingerprint density at radius 1 is 0.932 bits per heavy atom. The number of piperazine rings is 1. The fourth-order valence-corrected chi connectivity index (χ4v) is 10.1. The number of nitrogens with zero attached hydrogens (tertiary/aromatic N) is 5. The molecule has 3 fully saturated rings. The summed E-state index contributed by atoms with van der Waals surface area (Å²) in [6, 6.07) is 17.4. The van der Waals surface area contributed by atoms with Gasteiger partial charge in [-0.05, 0) is 84.8 Å². The first-order valence-corrected chi connectivity index (χ1v) is 21.0. The molecule has 13 heteroatoms. The number of benzene rings is 3. The average Bonchev–Trinajstić information content (AvgIpc) is 3.80. The monoisotopic (exact) mass is 794 g/mol. The Balaban J connectivity index is 0.773. The van der Waals surface area contributed by atoms with Crippen LogP contribution in [0.5, 0.6) is 0 Å². The number of hydrogen-bond acceptors (Lipinski definition) is 9. The number of carbonyl (C=O) groups excluding carboxylic acids is 5. The number of aromatic amines is 1. The molecule has 0 radical (unpaired) electrons. The lowest BCUT2D eigenvalue weighted by atomic mass is 9.70. The molecule has 3 N–H and O–H groups in total. The molecule has 4 aromatic rings. The molecule has 0 saturated carbocycles. The van der Waals surface area contributed by atoms with Crippen LogP contribution >= 0.6 is 0 Å². The van der Waals surface area contributed by atoms with E-state index in [2.05, 4.69) is 64.4 Å². The second-order valence-corrected chi connectivity index (χ2v) is 17.2. The van der Waals surface area contributed by atoms with Crippen LogP contribution in [0.15, 0.2) is 48.5 Å². The number of imide groups is 1. The third-order valence-corrected chi connectivity index (χ3v) is 13.5. The van der Waals surface area contributed by atoms with Gasteiger partial charge in [0.2, 0.25) is 17.7 Å². The number of H-pyrrole nitrogens is 1. The van der Waals surface area contributed by atoms with Gasteiger partial charge in [-0.3, -0.25) is 34.2 Å². The summed E-state index contributed by atoms with van der Waals surface area (Å²) in [5.41, 5.74) is 9.00. The average molecular weight is 795 g/mol. The molecule has 0 spiro atoms. The van der Waals surface area contributed by atoms with Gasteiger partial charge in [-0.2, -0.15) is 5.26 Å². The fourth-order valence-electron chi connectivity index (χ4n) is 10.1. The quantitative estimate of drug-likeness (QED) is 0.212. The number of carbonyl (C=O) groups is 5. The zero-order chi connectivity index (χ0) is 41.2. The maximum atomic E-state index is 14.1. The van der Waals surface area contributed by atoms with E-state index in [-0.39, 0.29) is 29.9 Å². The van der Waals surface area contributed by atoms with Crippen LogP contribution in [0.1, 0.15) is 107 Å². The number of amides is 4. The molecule has 4 aliphatic heterocycles. The standard InChI is InChI=1S/C46H50N8O5/c1-4-28-23-34-35(46(2,3)43-41(42(34)57)33-7-5-27(25-47)21-36(33)49-43)24-38(28)52-15-12-31(13-16-52)51-17-19-53(20-18-51)40(56)11-14-48-30-6-8-32-29(22-30)26-54(45(32)59)37-9-10-39(55)50-44(37)58/h5-8,21-24,31,37,48-49H,4,9-20,26H2,1-3H3,(H,50,55,58). The minimum atomic E-state index is -0.648. The second kappa shape index (κ2) is 15.0. The summed E-state index contributed by atoms with van der Waals surface area (Å²) in [5, 5.41) is 16.0. The van der Waals surface area contributed by atoms with Crippen LogP contribution in [0.4, 0.5) is 11.4 Å². The summed E-state index contributed by atoms with van der Waals surface area (Å²) >= 11 is 0. The van der Waals surface area contributed by atoms with Gasteiger partial charge in [-0.15, -0.1) is 0 Å². The molecule has 1 unspecified atom stereocenters. The van der Waals surface area contributed by atoms with E-state index < -0.39 is 17.4 Å². The van der Waals surface area contributed by atoms with Crippen LogP contribution < -0.4 is 15.5 Å². The van der Waals surface area contributed by atoms with Crippen molar-refractivity contribution in [1.29, 1.82) is 5.26 Å². The first-order valence-electron chi connectivity index (χ1n) is 21.0. The first-order chi connectivity index (χ1) is 28.4. The topological polar surface area (TPSA) is 162 Å². The fraction of sp³-hybridized carbons (Fsp3) is 0.435. The van der Waals surface area contributed by atoms with Crippen molar-refractivity contribution < 1.29 is 24.0 Å². The number of ketones is 1. The Kier molecular flexibility index (Phi) is 9.78. The van der Waals surface area contributed by atoms with Crippen molar-refractivity contribution in [3.8, 4) is 6.07 Å².